The Kier molecular flexibility index (Phi) is 5.02. The maximum absolute atomic E-state index is 13.1. The number of nitrogens with one attached hydrogen (secondary N) is 1. The van der Waals surface area contributed by atoms with Crippen molar-refractivity contribution in [2.24, 2.45) is 0 Å². The van der Waals surface area contributed by atoms with Gasteiger partial charge in [-0.25, -0.2) is 4.39 Å². The van der Waals surface area contributed by atoms with Crippen molar-refractivity contribution in [1.82, 2.24) is 5.32 Å². The SMILES string of the molecule is CCNCC(O)Cc1ccc(Cl)c(F)c1. The molecule has 0 aliphatic carbocycles. The van der Waals surface area contributed by atoms with Crippen LogP contribution in [0.2, 0.25) is 5.02 Å². The number of hydrogen-bond donors (Lipinski definition) is 2. The summed E-state index contributed by atoms with van der Waals surface area (Å²) in [5, 5.41) is 12.7. The molecule has 0 aliphatic heterocycles. The van der Waals surface area contributed by atoms with E-state index in [1.54, 1.807) is 6.07 Å². The average Bonchev–Trinajstić information content (AvgIpc) is 2.20. The molecule has 0 saturated carbocycles. The highest BCUT2D eigenvalue weighted by molar-refractivity contribution is 6.30. The van der Waals surface area contributed by atoms with Gasteiger partial charge in [0.05, 0.1) is 11.1 Å². The lowest BCUT2D eigenvalue weighted by molar-refractivity contribution is 0.172. The molecule has 1 unspecified atom stereocenters. The molecule has 0 radical (unpaired) electrons. The van der Waals surface area contributed by atoms with Crippen LogP contribution in [0.15, 0.2) is 18.2 Å². The van der Waals surface area contributed by atoms with Crippen LogP contribution in [0.4, 0.5) is 4.39 Å². The van der Waals surface area contributed by atoms with Crippen molar-refractivity contribution in [2.45, 2.75) is 19.4 Å². The lowest BCUT2D eigenvalue weighted by Gasteiger charge is -2.11. The van der Waals surface area contributed by atoms with Crippen molar-refractivity contribution < 1.29 is 9.50 Å². The molecule has 1 rings (SSSR count). The van der Waals surface area contributed by atoms with Crippen molar-refractivity contribution in [3.63, 3.8) is 0 Å². The van der Waals surface area contributed by atoms with Gasteiger partial charge in [0.1, 0.15) is 5.82 Å². The van der Waals surface area contributed by atoms with Crippen LogP contribution >= 0.6 is 11.6 Å². The zero-order valence-electron chi connectivity index (χ0n) is 8.63. The van der Waals surface area contributed by atoms with Crippen LogP contribution in [0.3, 0.4) is 0 Å². The number of halogens is 2. The predicted octanol–water partition coefficient (Wildman–Crippen LogP) is 1.99. The van der Waals surface area contributed by atoms with Gasteiger partial charge in [-0.2, -0.15) is 0 Å². The molecule has 0 amide bonds. The first-order valence-corrected chi connectivity index (χ1v) is 5.34. The third-order valence-electron chi connectivity index (χ3n) is 2.09. The molecule has 0 saturated heterocycles. The number of aliphatic hydroxyl groups excluding tert-OH is 1. The first kappa shape index (κ1) is 12.4. The van der Waals surface area contributed by atoms with Gasteiger partial charge in [0.2, 0.25) is 0 Å². The Hall–Kier alpha value is -0.640. The van der Waals surface area contributed by atoms with Crippen molar-refractivity contribution >= 4 is 11.6 Å². The van der Waals surface area contributed by atoms with E-state index in [9.17, 15) is 9.50 Å². The molecule has 84 valence electrons. The van der Waals surface area contributed by atoms with Gasteiger partial charge in [-0.3, -0.25) is 0 Å². The number of aliphatic hydroxyl groups is 1. The first-order chi connectivity index (χ1) is 7.13. The highest BCUT2D eigenvalue weighted by Gasteiger charge is 2.07. The van der Waals surface area contributed by atoms with E-state index in [1.165, 1.54) is 12.1 Å². The van der Waals surface area contributed by atoms with Crippen LogP contribution in [0, 0.1) is 5.82 Å². The molecule has 2 N–H and O–H groups in total. The third kappa shape index (κ3) is 4.16. The van der Waals surface area contributed by atoms with Gasteiger partial charge in [0.25, 0.3) is 0 Å². The Labute approximate surface area is 94.1 Å². The summed E-state index contributed by atoms with van der Waals surface area (Å²) in [7, 11) is 0. The summed E-state index contributed by atoms with van der Waals surface area (Å²) in [6, 6.07) is 4.59. The molecular formula is C11H15ClFNO. The Morgan fingerprint density at radius 2 is 2.27 bits per heavy atom. The second-order valence-corrected chi connectivity index (χ2v) is 3.82. The van der Waals surface area contributed by atoms with Gasteiger partial charge in [-0.1, -0.05) is 24.6 Å². The molecule has 1 aromatic carbocycles. The number of hydrogen-bond acceptors (Lipinski definition) is 2. The minimum Gasteiger partial charge on any atom is -0.391 e. The molecule has 0 aromatic heterocycles. The van der Waals surface area contributed by atoms with Gasteiger partial charge in [-0.15, -0.1) is 0 Å². The topological polar surface area (TPSA) is 32.3 Å². The quantitative estimate of drug-likeness (QED) is 0.813. The van der Waals surface area contributed by atoms with Crippen LogP contribution in [-0.2, 0) is 6.42 Å². The summed E-state index contributed by atoms with van der Waals surface area (Å²) in [5.74, 6) is -0.440. The second kappa shape index (κ2) is 6.05. The van der Waals surface area contributed by atoms with Crippen LogP contribution in [-0.4, -0.2) is 24.3 Å². The zero-order valence-corrected chi connectivity index (χ0v) is 9.39. The molecule has 4 heteroatoms. The monoisotopic (exact) mass is 231 g/mol. The number of likely N-dealkylation sites (N-methyl/N-ethyl adjacent to an activating group) is 1. The zero-order chi connectivity index (χ0) is 11.3. The minimum absolute atomic E-state index is 0.111. The fraction of sp³-hybridized carbons (Fsp3) is 0.455. The Morgan fingerprint density at radius 1 is 1.53 bits per heavy atom. The van der Waals surface area contributed by atoms with Crippen LogP contribution in [0.25, 0.3) is 0 Å². The molecule has 1 aromatic rings. The number of rotatable bonds is 5. The second-order valence-electron chi connectivity index (χ2n) is 3.41. The third-order valence-corrected chi connectivity index (χ3v) is 2.39. The van der Waals surface area contributed by atoms with E-state index in [0.717, 1.165) is 12.1 Å². The van der Waals surface area contributed by atoms with Gasteiger partial charge in [0, 0.05) is 6.54 Å². The van der Waals surface area contributed by atoms with Crippen LogP contribution < -0.4 is 5.32 Å². The van der Waals surface area contributed by atoms with Crippen molar-refractivity contribution in [2.75, 3.05) is 13.1 Å². The Bertz CT molecular complexity index is 319. The maximum atomic E-state index is 13.1. The lowest BCUT2D eigenvalue weighted by atomic mass is 10.1. The average molecular weight is 232 g/mol. The molecule has 15 heavy (non-hydrogen) atoms. The van der Waals surface area contributed by atoms with E-state index < -0.39 is 11.9 Å². The molecule has 2 nitrogen and oxygen atoms in total. The standard InChI is InChI=1S/C11H15ClFNO/c1-2-14-7-9(15)5-8-3-4-10(12)11(13)6-8/h3-4,6,9,14-15H,2,5,7H2,1H3. The number of benzene rings is 1. The normalized spacial score (nSPS) is 12.8. The summed E-state index contributed by atoms with van der Waals surface area (Å²) < 4.78 is 13.1. The van der Waals surface area contributed by atoms with Gasteiger partial charge in [-0.05, 0) is 30.7 Å². The van der Waals surface area contributed by atoms with E-state index >= 15 is 0 Å². The Balaban J connectivity index is 2.53. The summed E-state index contributed by atoms with van der Waals surface area (Å²) in [6.07, 6.45) is -0.0632. The predicted molar refractivity (Wildman–Crippen MR) is 59.7 cm³/mol. The van der Waals surface area contributed by atoms with E-state index in [1.807, 2.05) is 6.92 Å². The largest absolute Gasteiger partial charge is 0.391 e. The van der Waals surface area contributed by atoms with Crippen LogP contribution in [0.5, 0.6) is 0 Å². The summed E-state index contributed by atoms with van der Waals surface area (Å²) in [6.45, 7) is 3.29. The van der Waals surface area contributed by atoms with Crippen LogP contribution in [0.1, 0.15) is 12.5 Å². The minimum atomic E-state index is -0.495. The summed E-state index contributed by atoms with van der Waals surface area (Å²) in [4.78, 5) is 0. The van der Waals surface area contributed by atoms with Gasteiger partial charge < -0.3 is 10.4 Å². The smallest absolute Gasteiger partial charge is 0.142 e. The molecular weight excluding hydrogens is 217 g/mol. The van der Waals surface area contributed by atoms with Gasteiger partial charge in [0.15, 0.2) is 0 Å². The summed E-state index contributed by atoms with van der Waals surface area (Å²) in [5.41, 5.74) is 0.752. The van der Waals surface area contributed by atoms with Crippen molar-refractivity contribution in [3.8, 4) is 0 Å². The summed E-state index contributed by atoms with van der Waals surface area (Å²) >= 11 is 5.55. The molecule has 0 spiro atoms. The molecule has 0 heterocycles. The van der Waals surface area contributed by atoms with Gasteiger partial charge >= 0.3 is 0 Å². The Morgan fingerprint density at radius 3 is 2.87 bits per heavy atom. The van der Waals surface area contributed by atoms with E-state index in [4.69, 9.17) is 11.6 Å². The van der Waals surface area contributed by atoms with E-state index in [-0.39, 0.29) is 5.02 Å². The van der Waals surface area contributed by atoms with E-state index in [2.05, 4.69) is 5.32 Å². The molecule has 0 bridgehead atoms. The first-order valence-electron chi connectivity index (χ1n) is 4.96. The highest BCUT2D eigenvalue weighted by atomic mass is 35.5. The van der Waals surface area contributed by atoms with E-state index in [0.29, 0.717) is 13.0 Å². The fourth-order valence-corrected chi connectivity index (χ4v) is 1.44. The van der Waals surface area contributed by atoms with Crippen molar-refractivity contribution in [1.29, 1.82) is 0 Å². The molecule has 0 aliphatic rings. The lowest BCUT2D eigenvalue weighted by Crippen LogP contribution is -2.28. The maximum Gasteiger partial charge on any atom is 0.142 e. The van der Waals surface area contributed by atoms with Crippen molar-refractivity contribution in [3.05, 3.63) is 34.6 Å². The molecule has 0 fully saturated rings. The molecule has 1 atom stereocenters. The highest BCUT2D eigenvalue weighted by Crippen LogP contribution is 2.16. The fourth-order valence-electron chi connectivity index (χ4n) is 1.32.